The molecule has 0 saturated heterocycles. The lowest BCUT2D eigenvalue weighted by atomic mass is 10.0. The van der Waals surface area contributed by atoms with E-state index in [0.29, 0.717) is 34.6 Å². The molecule has 2 aromatic rings. The van der Waals surface area contributed by atoms with Crippen LogP contribution >= 0.6 is 11.6 Å². The van der Waals surface area contributed by atoms with Crippen molar-refractivity contribution in [3.8, 4) is 11.5 Å². The molecule has 1 aromatic heterocycles. The summed E-state index contributed by atoms with van der Waals surface area (Å²) in [4.78, 5) is 31.4. The van der Waals surface area contributed by atoms with Gasteiger partial charge in [-0.05, 0) is 44.2 Å². The Bertz CT molecular complexity index is 873. The summed E-state index contributed by atoms with van der Waals surface area (Å²) < 4.78 is 10.8. The van der Waals surface area contributed by atoms with Gasteiger partial charge in [-0.15, -0.1) is 0 Å². The zero-order valence-corrected chi connectivity index (χ0v) is 15.3. The molecule has 0 unspecified atom stereocenters. The Labute approximate surface area is 155 Å². The second-order valence-corrected chi connectivity index (χ2v) is 6.22. The van der Waals surface area contributed by atoms with Crippen LogP contribution in [0.5, 0.6) is 11.5 Å². The lowest BCUT2D eigenvalue weighted by Gasteiger charge is -2.38. The van der Waals surface area contributed by atoms with Crippen LogP contribution in [0.15, 0.2) is 36.5 Å². The molecule has 0 fully saturated rings. The van der Waals surface area contributed by atoms with Crippen molar-refractivity contribution in [2.75, 3.05) is 23.9 Å². The van der Waals surface area contributed by atoms with Crippen molar-refractivity contribution in [1.82, 2.24) is 4.98 Å². The number of fused-ring (bicyclic) bond motifs is 1. The summed E-state index contributed by atoms with van der Waals surface area (Å²) in [6, 6.07) is 8.16. The molecule has 0 radical (unpaired) electrons. The van der Waals surface area contributed by atoms with Gasteiger partial charge in [-0.1, -0.05) is 11.6 Å². The van der Waals surface area contributed by atoms with Gasteiger partial charge in [-0.3, -0.25) is 14.5 Å². The Hall–Kier alpha value is -2.80. The Morgan fingerprint density at radius 1 is 1.42 bits per heavy atom. The minimum atomic E-state index is -1.72. The van der Waals surface area contributed by atoms with Crippen LogP contribution < -0.4 is 19.7 Å². The van der Waals surface area contributed by atoms with Crippen molar-refractivity contribution in [3.63, 3.8) is 0 Å². The monoisotopic (exact) mass is 375 g/mol. The van der Waals surface area contributed by atoms with E-state index in [1.807, 2.05) is 6.92 Å². The fourth-order valence-electron chi connectivity index (χ4n) is 2.71. The summed E-state index contributed by atoms with van der Waals surface area (Å²) in [5, 5.41) is 3.02. The minimum Gasteiger partial charge on any atom is -0.495 e. The molecule has 8 heteroatoms. The summed E-state index contributed by atoms with van der Waals surface area (Å²) in [6.45, 7) is 3.61. The number of nitrogens with zero attached hydrogens (tertiary/aromatic N) is 2. The summed E-state index contributed by atoms with van der Waals surface area (Å²) in [6.07, 6.45) is 1.57. The van der Waals surface area contributed by atoms with Gasteiger partial charge in [0.25, 0.3) is 17.4 Å². The molecule has 0 bridgehead atoms. The van der Waals surface area contributed by atoms with Gasteiger partial charge in [-0.25, -0.2) is 4.98 Å². The maximum Gasteiger partial charge on any atom is 0.282 e. The van der Waals surface area contributed by atoms with Crippen molar-refractivity contribution in [2.45, 2.75) is 19.4 Å². The lowest BCUT2D eigenvalue weighted by molar-refractivity contribution is -0.145. The fourth-order valence-corrected chi connectivity index (χ4v) is 2.97. The smallest absolute Gasteiger partial charge is 0.282 e. The molecule has 2 amide bonds. The number of hydrogen-bond donors (Lipinski definition) is 1. The molecule has 0 spiro atoms. The van der Waals surface area contributed by atoms with E-state index in [2.05, 4.69) is 10.3 Å². The van der Waals surface area contributed by atoms with E-state index >= 15 is 0 Å². The summed E-state index contributed by atoms with van der Waals surface area (Å²) in [7, 11) is 1.50. The maximum atomic E-state index is 12.9. The molecular weight excluding hydrogens is 358 g/mol. The predicted octanol–water partition coefficient (Wildman–Crippen LogP) is 2.89. The highest BCUT2D eigenvalue weighted by Gasteiger charge is 2.50. The molecule has 7 nitrogen and oxygen atoms in total. The van der Waals surface area contributed by atoms with Gasteiger partial charge in [0.2, 0.25) is 0 Å². The van der Waals surface area contributed by atoms with Gasteiger partial charge in [-0.2, -0.15) is 0 Å². The first-order valence-corrected chi connectivity index (χ1v) is 8.39. The second kappa shape index (κ2) is 6.84. The van der Waals surface area contributed by atoms with Crippen molar-refractivity contribution in [3.05, 3.63) is 41.6 Å². The number of ether oxygens (including phenoxy) is 2. The summed E-state index contributed by atoms with van der Waals surface area (Å²) in [5.74, 6) is 0.176. The molecule has 3 rings (SSSR count). The molecule has 1 aliphatic rings. The molecule has 0 aliphatic carbocycles. The van der Waals surface area contributed by atoms with Crippen LogP contribution in [0.25, 0.3) is 0 Å². The van der Waals surface area contributed by atoms with E-state index in [4.69, 9.17) is 21.1 Å². The Morgan fingerprint density at radius 2 is 2.19 bits per heavy atom. The van der Waals surface area contributed by atoms with Gasteiger partial charge in [0, 0.05) is 18.4 Å². The van der Waals surface area contributed by atoms with Crippen molar-refractivity contribution >= 4 is 34.9 Å². The molecule has 1 aliphatic heterocycles. The van der Waals surface area contributed by atoms with Crippen molar-refractivity contribution in [2.24, 2.45) is 0 Å². The topological polar surface area (TPSA) is 80.8 Å². The number of benzene rings is 1. The lowest BCUT2D eigenvalue weighted by Crippen LogP contribution is -2.60. The third-order valence-corrected chi connectivity index (χ3v) is 4.43. The molecule has 136 valence electrons. The van der Waals surface area contributed by atoms with Crippen LogP contribution in [0.3, 0.4) is 0 Å². The number of nitrogens with one attached hydrogen (secondary N) is 1. The largest absolute Gasteiger partial charge is 0.495 e. The first-order chi connectivity index (χ1) is 12.4. The van der Waals surface area contributed by atoms with Crippen molar-refractivity contribution < 1.29 is 19.1 Å². The van der Waals surface area contributed by atoms with Crippen LogP contribution in [-0.4, -0.2) is 36.1 Å². The zero-order valence-electron chi connectivity index (χ0n) is 14.6. The standard InChI is InChI=1S/C18H18ClN3O4/c1-4-22-15-14(6-5-9-20-15)26-18(2,17(22)24)16(23)21-11-7-8-13(25-3)12(19)10-11/h5-10H,4H2,1-3H3,(H,21,23)/t18-/m0/s1. The molecule has 1 N–H and O–H groups in total. The zero-order chi connectivity index (χ0) is 18.9. The fraction of sp³-hybridized carbons (Fsp3) is 0.278. The Balaban J connectivity index is 1.91. The molecule has 2 heterocycles. The third kappa shape index (κ3) is 2.94. The average Bonchev–Trinajstić information content (AvgIpc) is 2.63. The molecular formula is C18H18ClN3O4. The van der Waals surface area contributed by atoms with E-state index in [0.717, 1.165) is 0 Å². The number of carbonyl (C=O) groups is 2. The number of methoxy groups -OCH3 is 1. The number of rotatable bonds is 4. The van der Waals surface area contributed by atoms with Gasteiger partial charge < -0.3 is 14.8 Å². The van der Waals surface area contributed by atoms with E-state index in [1.165, 1.54) is 18.9 Å². The quantitative estimate of drug-likeness (QED) is 0.831. The van der Waals surface area contributed by atoms with Gasteiger partial charge in [0.15, 0.2) is 11.6 Å². The van der Waals surface area contributed by atoms with E-state index in [-0.39, 0.29) is 0 Å². The maximum absolute atomic E-state index is 12.9. The number of amides is 2. The highest BCUT2D eigenvalue weighted by atomic mass is 35.5. The Morgan fingerprint density at radius 3 is 2.85 bits per heavy atom. The molecule has 1 aromatic carbocycles. The van der Waals surface area contributed by atoms with E-state index in [9.17, 15) is 9.59 Å². The molecule has 1 atom stereocenters. The first-order valence-electron chi connectivity index (χ1n) is 8.01. The highest BCUT2D eigenvalue weighted by Crippen LogP contribution is 2.36. The Kier molecular flexibility index (Phi) is 4.73. The number of aromatic nitrogens is 1. The number of hydrogen-bond acceptors (Lipinski definition) is 5. The van der Waals surface area contributed by atoms with Gasteiger partial charge >= 0.3 is 0 Å². The summed E-state index contributed by atoms with van der Waals surface area (Å²) in [5.41, 5.74) is -1.29. The SMILES string of the molecule is CCN1C(=O)[C@](C)(C(=O)Nc2ccc(OC)c(Cl)c2)Oc2cccnc21. The summed E-state index contributed by atoms with van der Waals surface area (Å²) >= 11 is 6.08. The van der Waals surface area contributed by atoms with Crippen LogP contribution in [0.2, 0.25) is 5.02 Å². The van der Waals surface area contributed by atoms with Crippen LogP contribution in [-0.2, 0) is 9.59 Å². The first kappa shape index (κ1) is 18.0. The van der Waals surface area contributed by atoms with Crippen molar-refractivity contribution in [1.29, 1.82) is 0 Å². The number of pyridine rings is 1. The average molecular weight is 376 g/mol. The second-order valence-electron chi connectivity index (χ2n) is 5.81. The third-order valence-electron chi connectivity index (χ3n) is 4.13. The van der Waals surface area contributed by atoms with Crippen LogP contribution in [0, 0.1) is 0 Å². The van der Waals surface area contributed by atoms with Crippen LogP contribution in [0.4, 0.5) is 11.5 Å². The molecule has 0 saturated carbocycles. The van der Waals surface area contributed by atoms with E-state index < -0.39 is 17.4 Å². The van der Waals surface area contributed by atoms with E-state index in [1.54, 1.807) is 36.5 Å². The molecule has 26 heavy (non-hydrogen) atoms. The number of anilines is 2. The minimum absolute atomic E-state index is 0.344. The normalized spacial score (nSPS) is 18.8. The number of halogens is 1. The van der Waals surface area contributed by atoms with Gasteiger partial charge in [0.05, 0.1) is 12.1 Å². The number of likely N-dealkylation sites (N-methyl/N-ethyl adjacent to an activating group) is 1. The number of carbonyl (C=O) groups excluding carboxylic acids is 2. The van der Waals surface area contributed by atoms with Crippen LogP contribution in [0.1, 0.15) is 13.8 Å². The predicted molar refractivity (Wildman–Crippen MR) is 97.9 cm³/mol. The van der Waals surface area contributed by atoms with Gasteiger partial charge in [0.1, 0.15) is 5.75 Å². The highest BCUT2D eigenvalue weighted by molar-refractivity contribution is 6.32.